The van der Waals surface area contributed by atoms with Crippen molar-refractivity contribution in [2.45, 2.75) is 12.5 Å². The molecule has 6 heteroatoms. The number of fused-ring (bicyclic) bond motifs is 1. The van der Waals surface area contributed by atoms with Gasteiger partial charge in [-0.2, -0.15) is 5.26 Å². The molecule has 1 fully saturated rings. The van der Waals surface area contributed by atoms with Crippen LogP contribution in [0.25, 0.3) is 10.9 Å². The summed E-state index contributed by atoms with van der Waals surface area (Å²) in [6.07, 6.45) is 0.934. The van der Waals surface area contributed by atoms with Crippen LogP contribution in [0.1, 0.15) is 12.0 Å². The number of hydrogen-bond acceptors (Lipinski definition) is 4. The molecule has 1 saturated heterocycles. The highest BCUT2D eigenvalue weighted by atomic mass is 79.9. The lowest BCUT2D eigenvalue weighted by Gasteiger charge is -2.20. The van der Waals surface area contributed by atoms with Gasteiger partial charge in [-0.1, -0.05) is 27.5 Å². The highest BCUT2D eigenvalue weighted by Gasteiger charge is 2.26. The van der Waals surface area contributed by atoms with Crippen molar-refractivity contribution in [3.8, 4) is 11.9 Å². The Bertz CT molecular complexity index is 1020. The summed E-state index contributed by atoms with van der Waals surface area (Å²) < 4.78 is 6.99. The van der Waals surface area contributed by atoms with Crippen LogP contribution in [0.2, 0.25) is 5.02 Å². The average Bonchev–Trinajstić information content (AvgIpc) is 3.10. The van der Waals surface area contributed by atoms with Gasteiger partial charge < -0.3 is 9.64 Å². The van der Waals surface area contributed by atoms with Crippen LogP contribution in [0.15, 0.2) is 53.0 Å². The lowest BCUT2D eigenvalue weighted by atomic mass is 10.2. The molecule has 0 aliphatic carbocycles. The molecule has 0 bridgehead atoms. The zero-order valence-electron chi connectivity index (χ0n) is 13.8. The maximum absolute atomic E-state index is 9.38. The fourth-order valence-corrected chi connectivity index (χ4v) is 3.77. The Morgan fingerprint density at radius 1 is 1.19 bits per heavy atom. The van der Waals surface area contributed by atoms with Crippen LogP contribution in [0.3, 0.4) is 0 Å². The Kier molecular flexibility index (Phi) is 4.71. The highest BCUT2D eigenvalue weighted by Crippen LogP contribution is 2.29. The Morgan fingerprint density at radius 3 is 2.92 bits per heavy atom. The first-order chi connectivity index (χ1) is 12.6. The van der Waals surface area contributed by atoms with Crippen LogP contribution in [-0.4, -0.2) is 24.2 Å². The van der Waals surface area contributed by atoms with E-state index < -0.39 is 0 Å². The maximum Gasteiger partial charge on any atom is 0.214 e. The van der Waals surface area contributed by atoms with E-state index in [0.29, 0.717) is 16.5 Å². The number of nitriles is 1. The third kappa shape index (κ3) is 3.48. The largest absolute Gasteiger partial charge is 0.472 e. The summed E-state index contributed by atoms with van der Waals surface area (Å²) in [6.45, 7) is 1.58. The number of halogens is 2. The van der Waals surface area contributed by atoms with Gasteiger partial charge in [0, 0.05) is 33.9 Å². The normalized spacial score (nSPS) is 16.7. The Morgan fingerprint density at radius 2 is 2.08 bits per heavy atom. The van der Waals surface area contributed by atoms with Gasteiger partial charge in [0.2, 0.25) is 5.88 Å². The number of nitrogens with zero attached hydrogens (tertiary/aromatic N) is 3. The van der Waals surface area contributed by atoms with Crippen LogP contribution in [0.5, 0.6) is 5.88 Å². The third-order valence-corrected chi connectivity index (χ3v) is 5.21. The van der Waals surface area contributed by atoms with Gasteiger partial charge in [-0.05, 0) is 42.5 Å². The Hall–Kier alpha value is -2.29. The Labute approximate surface area is 165 Å². The van der Waals surface area contributed by atoms with Crippen LogP contribution in [-0.2, 0) is 0 Å². The van der Waals surface area contributed by atoms with E-state index in [2.05, 4.69) is 31.9 Å². The minimum Gasteiger partial charge on any atom is -0.472 e. The number of aromatic nitrogens is 1. The second-order valence-corrected chi connectivity index (χ2v) is 7.59. The van der Waals surface area contributed by atoms with Gasteiger partial charge in [-0.25, -0.2) is 4.98 Å². The van der Waals surface area contributed by atoms with Crippen molar-refractivity contribution >= 4 is 44.1 Å². The Balaban J connectivity index is 1.50. The summed E-state index contributed by atoms with van der Waals surface area (Å²) in [5.74, 6) is 0.614. The van der Waals surface area contributed by atoms with Gasteiger partial charge in [0.1, 0.15) is 12.2 Å². The molecule has 0 radical (unpaired) electrons. The number of ether oxygens (including phenoxy) is 1. The van der Waals surface area contributed by atoms with E-state index in [9.17, 15) is 5.26 Å². The van der Waals surface area contributed by atoms with Crippen molar-refractivity contribution in [1.29, 1.82) is 5.26 Å². The van der Waals surface area contributed by atoms with E-state index in [1.807, 2.05) is 48.5 Å². The van der Waals surface area contributed by atoms with Crippen molar-refractivity contribution in [3.05, 3.63) is 63.6 Å². The zero-order valence-corrected chi connectivity index (χ0v) is 16.2. The van der Waals surface area contributed by atoms with Gasteiger partial charge in [0.15, 0.2) is 0 Å². The zero-order chi connectivity index (χ0) is 18.1. The molecule has 4 nitrogen and oxygen atoms in total. The monoisotopic (exact) mass is 427 g/mol. The molecular formula is C20H15BrClN3O. The van der Waals surface area contributed by atoms with E-state index in [0.717, 1.165) is 40.6 Å². The van der Waals surface area contributed by atoms with Crippen LogP contribution in [0, 0.1) is 11.3 Å². The smallest absolute Gasteiger partial charge is 0.214 e. The van der Waals surface area contributed by atoms with E-state index >= 15 is 0 Å². The predicted octanol–water partition coefficient (Wildman–Crippen LogP) is 5.18. The van der Waals surface area contributed by atoms with E-state index in [4.69, 9.17) is 16.3 Å². The molecule has 1 aliphatic rings. The molecule has 1 aromatic heterocycles. The molecule has 2 aromatic carbocycles. The summed E-state index contributed by atoms with van der Waals surface area (Å²) in [4.78, 5) is 6.76. The molecule has 1 unspecified atom stereocenters. The van der Waals surface area contributed by atoms with Crippen molar-refractivity contribution in [2.75, 3.05) is 18.0 Å². The molecule has 0 amide bonds. The van der Waals surface area contributed by atoms with Crippen molar-refractivity contribution in [2.24, 2.45) is 0 Å². The summed E-state index contributed by atoms with van der Waals surface area (Å²) in [6, 6.07) is 17.5. The van der Waals surface area contributed by atoms with Gasteiger partial charge in [0.05, 0.1) is 23.3 Å². The summed E-state index contributed by atoms with van der Waals surface area (Å²) in [5.41, 5.74) is 2.48. The summed E-state index contributed by atoms with van der Waals surface area (Å²) in [5, 5.41) is 11.1. The first-order valence-electron chi connectivity index (χ1n) is 8.30. The first-order valence-corrected chi connectivity index (χ1v) is 9.47. The number of pyridine rings is 1. The van der Waals surface area contributed by atoms with Crippen LogP contribution < -0.4 is 9.64 Å². The molecule has 0 spiro atoms. The number of benzene rings is 2. The van der Waals surface area contributed by atoms with Crippen molar-refractivity contribution in [1.82, 2.24) is 4.98 Å². The summed E-state index contributed by atoms with van der Waals surface area (Å²) in [7, 11) is 0. The van der Waals surface area contributed by atoms with Gasteiger partial charge in [0.25, 0.3) is 0 Å². The molecule has 3 aromatic rings. The summed E-state index contributed by atoms with van der Waals surface area (Å²) >= 11 is 9.43. The quantitative estimate of drug-likeness (QED) is 0.577. The lowest BCUT2D eigenvalue weighted by molar-refractivity contribution is 0.216. The fourth-order valence-electron chi connectivity index (χ4n) is 3.23. The van der Waals surface area contributed by atoms with E-state index in [-0.39, 0.29) is 6.10 Å². The standard InChI is InChI=1S/C20H15BrClN3O/c21-15-2-5-19(14(9-15)11-23)25-8-7-17(12-25)26-20-6-1-13-10-16(22)3-4-18(13)24-20/h1-6,9-10,17H,7-8,12H2. The molecule has 0 saturated carbocycles. The maximum atomic E-state index is 9.38. The molecule has 2 heterocycles. The van der Waals surface area contributed by atoms with E-state index in [1.165, 1.54) is 0 Å². The molecule has 130 valence electrons. The fraction of sp³-hybridized carbons (Fsp3) is 0.200. The predicted molar refractivity (Wildman–Crippen MR) is 107 cm³/mol. The minimum atomic E-state index is 0.0439. The van der Waals surface area contributed by atoms with Crippen molar-refractivity contribution < 1.29 is 4.74 Å². The lowest BCUT2D eigenvalue weighted by Crippen LogP contribution is -2.25. The molecule has 1 aliphatic heterocycles. The minimum absolute atomic E-state index is 0.0439. The number of rotatable bonds is 3. The van der Waals surface area contributed by atoms with Crippen LogP contribution in [0.4, 0.5) is 5.69 Å². The number of hydrogen-bond donors (Lipinski definition) is 0. The van der Waals surface area contributed by atoms with Gasteiger partial charge in [-0.3, -0.25) is 0 Å². The molecule has 26 heavy (non-hydrogen) atoms. The van der Waals surface area contributed by atoms with Gasteiger partial charge >= 0.3 is 0 Å². The number of anilines is 1. The first kappa shape index (κ1) is 17.1. The van der Waals surface area contributed by atoms with Crippen LogP contribution >= 0.6 is 27.5 Å². The second-order valence-electron chi connectivity index (χ2n) is 6.23. The van der Waals surface area contributed by atoms with E-state index in [1.54, 1.807) is 0 Å². The second kappa shape index (κ2) is 7.14. The SMILES string of the molecule is N#Cc1cc(Br)ccc1N1CCC(Oc2ccc3cc(Cl)ccc3n2)C1. The van der Waals surface area contributed by atoms with Crippen molar-refractivity contribution in [3.63, 3.8) is 0 Å². The molecule has 1 atom stereocenters. The van der Waals surface area contributed by atoms with Gasteiger partial charge in [-0.15, -0.1) is 0 Å². The molecule has 0 N–H and O–H groups in total. The topological polar surface area (TPSA) is 49.2 Å². The average molecular weight is 429 g/mol. The third-order valence-electron chi connectivity index (χ3n) is 4.48. The highest BCUT2D eigenvalue weighted by molar-refractivity contribution is 9.10. The molecule has 4 rings (SSSR count). The molecular weight excluding hydrogens is 414 g/mol.